The van der Waals surface area contributed by atoms with Crippen LogP contribution in [0.5, 0.6) is 5.75 Å². The maximum absolute atomic E-state index is 12.8. The van der Waals surface area contributed by atoms with E-state index in [2.05, 4.69) is 51.6 Å². The first-order valence-electron chi connectivity index (χ1n) is 11.0. The van der Waals surface area contributed by atoms with Gasteiger partial charge in [-0.1, -0.05) is 31.2 Å². The van der Waals surface area contributed by atoms with Gasteiger partial charge in [-0.25, -0.2) is 0 Å². The second-order valence-corrected chi connectivity index (χ2v) is 7.95. The molecular formula is C25H30N4O2. The number of carbonyl (C=O) groups excluding carboxylic acids is 1. The number of benzene rings is 2. The van der Waals surface area contributed by atoms with Crippen LogP contribution >= 0.6 is 0 Å². The molecule has 31 heavy (non-hydrogen) atoms. The normalized spacial score (nSPS) is 13.8. The lowest BCUT2D eigenvalue weighted by Gasteiger charge is -2.28. The summed E-state index contributed by atoms with van der Waals surface area (Å²) in [5, 5.41) is 10.7. The van der Waals surface area contributed by atoms with Gasteiger partial charge in [-0.05, 0) is 55.5 Å². The first kappa shape index (κ1) is 21.0. The Bertz CT molecular complexity index is 1000. The van der Waals surface area contributed by atoms with Crippen LogP contribution in [0.1, 0.15) is 37.4 Å². The topological polar surface area (TPSA) is 70.2 Å². The molecule has 6 nitrogen and oxygen atoms in total. The van der Waals surface area contributed by atoms with E-state index in [1.54, 1.807) is 7.11 Å². The van der Waals surface area contributed by atoms with E-state index in [0.717, 1.165) is 53.5 Å². The van der Waals surface area contributed by atoms with Gasteiger partial charge in [-0.15, -0.1) is 0 Å². The number of methoxy groups -OCH3 is 1. The van der Waals surface area contributed by atoms with E-state index < -0.39 is 0 Å². The first-order valence-corrected chi connectivity index (χ1v) is 11.0. The minimum Gasteiger partial charge on any atom is -0.497 e. The molecule has 1 fully saturated rings. The fourth-order valence-electron chi connectivity index (χ4n) is 4.07. The van der Waals surface area contributed by atoms with Gasteiger partial charge in [-0.3, -0.25) is 9.89 Å². The summed E-state index contributed by atoms with van der Waals surface area (Å²) in [6, 6.07) is 16.1. The van der Waals surface area contributed by atoms with Gasteiger partial charge in [0.2, 0.25) is 5.91 Å². The fourth-order valence-corrected chi connectivity index (χ4v) is 4.07. The Morgan fingerprint density at radius 2 is 1.77 bits per heavy atom. The van der Waals surface area contributed by atoms with Crippen molar-refractivity contribution in [2.24, 2.45) is 0 Å². The molecule has 162 valence electrons. The van der Waals surface area contributed by atoms with E-state index in [9.17, 15) is 4.79 Å². The molecule has 0 saturated carbocycles. The summed E-state index contributed by atoms with van der Waals surface area (Å²) < 4.78 is 5.19. The number of piperidine rings is 1. The van der Waals surface area contributed by atoms with Gasteiger partial charge in [-0.2, -0.15) is 5.10 Å². The number of aryl methyl sites for hydroxylation is 1. The Hall–Kier alpha value is -3.28. The highest BCUT2D eigenvalue weighted by Crippen LogP contribution is 2.31. The first-order chi connectivity index (χ1) is 15.2. The van der Waals surface area contributed by atoms with Crippen LogP contribution < -0.4 is 15.0 Å². The molecule has 6 heteroatoms. The molecule has 0 atom stereocenters. The van der Waals surface area contributed by atoms with Crippen LogP contribution in [0.3, 0.4) is 0 Å². The van der Waals surface area contributed by atoms with Crippen molar-refractivity contribution in [3.05, 3.63) is 59.8 Å². The molecule has 0 radical (unpaired) electrons. The quantitative estimate of drug-likeness (QED) is 0.577. The van der Waals surface area contributed by atoms with E-state index in [0.29, 0.717) is 6.42 Å². The molecule has 0 aliphatic carbocycles. The van der Waals surface area contributed by atoms with Crippen molar-refractivity contribution in [1.82, 2.24) is 10.2 Å². The van der Waals surface area contributed by atoms with E-state index in [-0.39, 0.29) is 5.91 Å². The second kappa shape index (κ2) is 9.69. The highest BCUT2D eigenvalue weighted by molar-refractivity contribution is 5.96. The zero-order chi connectivity index (χ0) is 21.6. The maximum Gasteiger partial charge on any atom is 0.228 e. The van der Waals surface area contributed by atoms with Gasteiger partial charge < -0.3 is 15.0 Å². The average molecular weight is 419 g/mol. The van der Waals surface area contributed by atoms with Crippen LogP contribution in [0, 0.1) is 0 Å². The number of aromatic nitrogens is 2. The molecule has 1 amide bonds. The van der Waals surface area contributed by atoms with Gasteiger partial charge >= 0.3 is 0 Å². The summed E-state index contributed by atoms with van der Waals surface area (Å²) in [6.07, 6.45) is 4.89. The average Bonchev–Trinajstić information content (AvgIpc) is 3.22. The largest absolute Gasteiger partial charge is 0.497 e. The Balaban J connectivity index is 1.50. The lowest BCUT2D eigenvalue weighted by Crippen LogP contribution is -2.29. The van der Waals surface area contributed by atoms with E-state index >= 15 is 0 Å². The van der Waals surface area contributed by atoms with Gasteiger partial charge in [0.05, 0.1) is 24.9 Å². The van der Waals surface area contributed by atoms with Gasteiger partial charge in [0.1, 0.15) is 11.4 Å². The van der Waals surface area contributed by atoms with Crippen molar-refractivity contribution in [3.63, 3.8) is 0 Å². The fraction of sp³-hybridized carbons (Fsp3) is 0.360. The van der Waals surface area contributed by atoms with Crippen LogP contribution in [0.15, 0.2) is 48.5 Å². The standard InChI is InChI=1S/C25H30N4O2/c1-3-22-25(26-23(30)17-18-7-13-21(31-2)14-8-18)24(28-27-22)19-9-11-20(12-10-19)29-15-5-4-6-16-29/h7-14H,3-6,15-17H2,1-2H3,(H,26,30)(H,27,28). The number of H-pyrrole nitrogens is 1. The summed E-state index contributed by atoms with van der Waals surface area (Å²) in [5.41, 5.74) is 5.67. The number of hydrogen-bond acceptors (Lipinski definition) is 4. The lowest BCUT2D eigenvalue weighted by atomic mass is 10.1. The molecule has 2 aromatic carbocycles. The highest BCUT2D eigenvalue weighted by Gasteiger charge is 2.18. The van der Waals surface area contributed by atoms with Crippen molar-refractivity contribution >= 4 is 17.3 Å². The van der Waals surface area contributed by atoms with E-state index in [1.165, 1.54) is 24.9 Å². The molecule has 0 spiro atoms. The smallest absolute Gasteiger partial charge is 0.228 e. The Labute approximate surface area is 183 Å². The van der Waals surface area contributed by atoms with Gasteiger partial charge in [0.25, 0.3) is 0 Å². The number of rotatable bonds is 7. The third kappa shape index (κ3) is 4.90. The predicted octanol–water partition coefficient (Wildman–Crippen LogP) is 4.82. The lowest BCUT2D eigenvalue weighted by molar-refractivity contribution is -0.115. The molecular weight excluding hydrogens is 388 g/mol. The number of hydrogen-bond donors (Lipinski definition) is 2. The Morgan fingerprint density at radius 3 is 2.42 bits per heavy atom. The summed E-state index contributed by atoms with van der Waals surface area (Å²) in [6.45, 7) is 4.29. The molecule has 0 unspecified atom stereocenters. The van der Waals surface area contributed by atoms with Crippen molar-refractivity contribution in [2.45, 2.75) is 39.0 Å². The van der Waals surface area contributed by atoms with E-state index in [1.807, 2.05) is 24.3 Å². The third-order valence-corrected chi connectivity index (χ3v) is 5.84. The number of amides is 1. The monoisotopic (exact) mass is 418 g/mol. The summed E-state index contributed by atoms with van der Waals surface area (Å²) in [5.74, 6) is 0.718. The summed E-state index contributed by atoms with van der Waals surface area (Å²) in [4.78, 5) is 15.2. The Kier molecular flexibility index (Phi) is 6.55. The zero-order valence-electron chi connectivity index (χ0n) is 18.3. The molecule has 0 bridgehead atoms. The molecule has 3 aromatic rings. The number of nitrogens with zero attached hydrogens (tertiary/aromatic N) is 2. The molecule has 1 aromatic heterocycles. The molecule has 1 saturated heterocycles. The maximum atomic E-state index is 12.8. The number of ether oxygens (including phenoxy) is 1. The van der Waals surface area contributed by atoms with Gasteiger partial charge in [0, 0.05) is 24.3 Å². The molecule has 1 aliphatic rings. The van der Waals surface area contributed by atoms with Crippen molar-refractivity contribution in [1.29, 1.82) is 0 Å². The molecule has 2 N–H and O–H groups in total. The number of anilines is 2. The third-order valence-electron chi connectivity index (χ3n) is 5.84. The van der Waals surface area contributed by atoms with Gasteiger partial charge in [0.15, 0.2) is 0 Å². The van der Waals surface area contributed by atoms with Crippen LogP contribution in [0.2, 0.25) is 0 Å². The number of nitrogens with one attached hydrogen (secondary N) is 2. The zero-order valence-corrected chi connectivity index (χ0v) is 18.3. The summed E-state index contributed by atoms with van der Waals surface area (Å²) in [7, 11) is 1.63. The molecule has 1 aliphatic heterocycles. The SMILES string of the molecule is CCc1[nH]nc(-c2ccc(N3CCCCC3)cc2)c1NC(=O)Cc1ccc(OC)cc1. The predicted molar refractivity (Wildman–Crippen MR) is 125 cm³/mol. The van der Waals surface area contributed by atoms with E-state index in [4.69, 9.17) is 4.74 Å². The highest BCUT2D eigenvalue weighted by atomic mass is 16.5. The Morgan fingerprint density at radius 1 is 1.06 bits per heavy atom. The minimum atomic E-state index is -0.0625. The van der Waals surface area contributed by atoms with Crippen LogP contribution in [0.4, 0.5) is 11.4 Å². The minimum absolute atomic E-state index is 0.0625. The van der Waals surface area contributed by atoms with Crippen molar-refractivity contribution < 1.29 is 9.53 Å². The van der Waals surface area contributed by atoms with Crippen LogP contribution in [-0.4, -0.2) is 36.3 Å². The second-order valence-electron chi connectivity index (χ2n) is 7.95. The molecule has 2 heterocycles. The summed E-state index contributed by atoms with van der Waals surface area (Å²) >= 11 is 0. The number of carbonyl (C=O) groups is 1. The van der Waals surface area contributed by atoms with Crippen molar-refractivity contribution in [2.75, 3.05) is 30.4 Å². The number of aromatic amines is 1. The van der Waals surface area contributed by atoms with Crippen molar-refractivity contribution in [3.8, 4) is 17.0 Å². The molecule has 4 rings (SSSR count). The van der Waals surface area contributed by atoms with Crippen LogP contribution in [0.25, 0.3) is 11.3 Å². The van der Waals surface area contributed by atoms with Crippen LogP contribution in [-0.2, 0) is 17.6 Å².